The molecular weight excluding hydrogens is 441 g/mol. The van der Waals surface area contributed by atoms with Gasteiger partial charge in [-0.15, -0.1) is 0 Å². The van der Waals surface area contributed by atoms with Crippen molar-refractivity contribution in [3.8, 4) is 5.75 Å². The van der Waals surface area contributed by atoms with Crippen molar-refractivity contribution in [2.75, 3.05) is 19.8 Å². The van der Waals surface area contributed by atoms with Crippen LogP contribution < -0.4 is 10.1 Å². The van der Waals surface area contributed by atoms with Crippen LogP contribution in [0.3, 0.4) is 0 Å². The third-order valence-electron chi connectivity index (χ3n) is 3.94. The molecule has 0 aliphatic rings. The first-order chi connectivity index (χ1) is 15.1. The Kier molecular flexibility index (Phi) is 9.39. The van der Waals surface area contributed by atoms with Gasteiger partial charge < -0.3 is 19.5 Å². The molecule has 0 saturated heterocycles. The van der Waals surface area contributed by atoms with Crippen LogP contribution in [0.15, 0.2) is 48.5 Å². The Labute approximate surface area is 180 Å². The molecule has 0 heterocycles. The van der Waals surface area contributed by atoms with E-state index in [1.807, 2.05) is 0 Å². The zero-order valence-electron chi connectivity index (χ0n) is 16.7. The van der Waals surface area contributed by atoms with E-state index < -0.39 is 37.9 Å². The second-order valence-corrected chi connectivity index (χ2v) is 6.50. The Morgan fingerprint density at radius 2 is 1.56 bits per heavy atom. The molecule has 0 bridgehead atoms. The SMILES string of the molecule is O=C(COC(=O)c1ccc(COCC(F)(F)F)cc1)NCCc1ccc(OC(F)F)cc1. The third kappa shape index (κ3) is 9.73. The molecule has 11 heteroatoms. The number of esters is 1. The van der Waals surface area contributed by atoms with Gasteiger partial charge in [-0.3, -0.25) is 4.79 Å². The summed E-state index contributed by atoms with van der Waals surface area (Å²) in [5.41, 5.74) is 1.35. The number of hydrogen-bond donors (Lipinski definition) is 1. The Balaban J connectivity index is 1.67. The van der Waals surface area contributed by atoms with Gasteiger partial charge in [0.1, 0.15) is 12.4 Å². The fourth-order valence-corrected chi connectivity index (χ4v) is 2.47. The van der Waals surface area contributed by atoms with Crippen LogP contribution in [0.1, 0.15) is 21.5 Å². The predicted molar refractivity (Wildman–Crippen MR) is 102 cm³/mol. The van der Waals surface area contributed by atoms with Crippen LogP contribution >= 0.6 is 0 Å². The van der Waals surface area contributed by atoms with Gasteiger partial charge >= 0.3 is 18.8 Å². The summed E-state index contributed by atoms with van der Waals surface area (Å²) in [7, 11) is 0. The molecule has 174 valence electrons. The average molecular weight is 461 g/mol. The van der Waals surface area contributed by atoms with Gasteiger partial charge in [0, 0.05) is 6.54 Å². The van der Waals surface area contributed by atoms with Crippen LogP contribution in [0.4, 0.5) is 22.0 Å². The van der Waals surface area contributed by atoms with Crippen LogP contribution in [0, 0.1) is 0 Å². The summed E-state index contributed by atoms with van der Waals surface area (Å²) in [5, 5.41) is 2.55. The molecule has 1 N–H and O–H groups in total. The fraction of sp³-hybridized carbons (Fsp3) is 0.333. The Hall–Kier alpha value is -3.21. The molecule has 0 unspecified atom stereocenters. The average Bonchev–Trinajstić information content (AvgIpc) is 2.72. The van der Waals surface area contributed by atoms with E-state index in [1.54, 1.807) is 12.1 Å². The molecule has 0 aliphatic carbocycles. The van der Waals surface area contributed by atoms with Crippen molar-refractivity contribution in [2.24, 2.45) is 0 Å². The molecule has 0 aromatic heterocycles. The molecule has 32 heavy (non-hydrogen) atoms. The lowest BCUT2D eigenvalue weighted by Gasteiger charge is -2.09. The normalized spacial score (nSPS) is 11.3. The minimum atomic E-state index is -4.42. The van der Waals surface area contributed by atoms with E-state index in [1.165, 1.54) is 36.4 Å². The predicted octanol–water partition coefficient (Wildman–Crippen LogP) is 3.88. The summed E-state index contributed by atoms with van der Waals surface area (Å²) in [5.74, 6) is -1.27. The summed E-state index contributed by atoms with van der Waals surface area (Å²) in [6.07, 6.45) is -3.99. The number of halogens is 5. The van der Waals surface area contributed by atoms with Gasteiger partial charge in [-0.2, -0.15) is 22.0 Å². The molecule has 0 atom stereocenters. The number of rotatable bonds is 11. The topological polar surface area (TPSA) is 73.9 Å². The zero-order valence-corrected chi connectivity index (χ0v) is 16.7. The minimum absolute atomic E-state index is 0.0292. The number of alkyl halides is 5. The standard InChI is InChI=1S/C21H20F5NO5/c22-20(23)32-17-7-3-14(4-8-17)9-10-27-18(28)12-31-19(29)16-5-1-15(2-6-16)11-30-13-21(24,25)26/h1-8,20H,9-13H2,(H,27,28). The van der Waals surface area contributed by atoms with Gasteiger partial charge in [-0.25, -0.2) is 4.79 Å². The number of carbonyl (C=O) groups excluding carboxylic acids is 2. The highest BCUT2D eigenvalue weighted by molar-refractivity contribution is 5.91. The van der Waals surface area contributed by atoms with Crippen LogP contribution in [0.5, 0.6) is 5.75 Å². The zero-order chi connectivity index (χ0) is 23.6. The van der Waals surface area contributed by atoms with Crippen molar-refractivity contribution < 1.29 is 45.8 Å². The molecule has 0 fully saturated rings. The van der Waals surface area contributed by atoms with E-state index in [0.29, 0.717) is 12.0 Å². The maximum Gasteiger partial charge on any atom is 0.411 e. The minimum Gasteiger partial charge on any atom is -0.452 e. The van der Waals surface area contributed by atoms with E-state index >= 15 is 0 Å². The van der Waals surface area contributed by atoms with Crippen LogP contribution in [0.2, 0.25) is 0 Å². The molecule has 2 aromatic rings. The summed E-state index contributed by atoms with van der Waals surface area (Å²) in [6, 6.07) is 11.5. The van der Waals surface area contributed by atoms with Crippen LogP contribution in [-0.4, -0.2) is 44.4 Å². The largest absolute Gasteiger partial charge is 0.452 e. The lowest BCUT2D eigenvalue weighted by Crippen LogP contribution is -2.30. The number of carbonyl (C=O) groups is 2. The number of benzene rings is 2. The molecule has 0 spiro atoms. The Morgan fingerprint density at radius 1 is 0.938 bits per heavy atom. The van der Waals surface area contributed by atoms with E-state index in [-0.39, 0.29) is 24.5 Å². The highest BCUT2D eigenvalue weighted by Crippen LogP contribution is 2.16. The quantitative estimate of drug-likeness (QED) is 0.406. The number of nitrogens with one attached hydrogen (secondary N) is 1. The van der Waals surface area contributed by atoms with Gasteiger partial charge in [0.05, 0.1) is 12.2 Å². The van der Waals surface area contributed by atoms with E-state index in [2.05, 4.69) is 14.8 Å². The molecular formula is C21H20F5NO5. The molecule has 0 saturated carbocycles. The summed E-state index contributed by atoms with van der Waals surface area (Å²) >= 11 is 0. The molecule has 0 aliphatic heterocycles. The molecule has 1 amide bonds. The van der Waals surface area contributed by atoms with Crippen LogP contribution in [-0.2, 0) is 27.3 Å². The first kappa shape index (κ1) is 25.1. The van der Waals surface area contributed by atoms with Crippen molar-refractivity contribution in [3.05, 3.63) is 65.2 Å². The Morgan fingerprint density at radius 3 is 2.16 bits per heavy atom. The summed E-state index contributed by atoms with van der Waals surface area (Å²) in [4.78, 5) is 23.8. The van der Waals surface area contributed by atoms with Crippen molar-refractivity contribution in [2.45, 2.75) is 25.8 Å². The molecule has 0 radical (unpaired) electrons. The monoisotopic (exact) mass is 461 g/mol. The lowest BCUT2D eigenvalue weighted by atomic mass is 10.1. The van der Waals surface area contributed by atoms with E-state index in [0.717, 1.165) is 5.56 Å². The summed E-state index contributed by atoms with van der Waals surface area (Å²) in [6.45, 7) is -4.82. The lowest BCUT2D eigenvalue weighted by molar-refractivity contribution is -0.176. The first-order valence-corrected chi connectivity index (χ1v) is 9.33. The van der Waals surface area contributed by atoms with Crippen LogP contribution in [0.25, 0.3) is 0 Å². The van der Waals surface area contributed by atoms with Gasteiger partial charge in [-0.05, 0) is 41.8 Å². The maximum atomic E-state index is 12.1. The number of ether oxygens (including phenoxy) is 3. The van der Waals surface area contributed by atoms with Crippen molar-refractivity contribution in [1.29, 1.82) is 0 Å². The molecule has 2 aromatic carbocycles. The van der Waals surface area contributed by atoms with Crippen molar-refractivity contribution in [1.82, 2.24) is 5.32 Å². The summed E-state index contributed by atoms with van der Waals surface area (Å²) < 4.78 is 74.0. The van der Waals surface area contributed by atoms with Gasteiger partial charge in [0.2, 0.25) is 0 Å². The first-order valence-electron chi connectivity index (χ1n) is 9.33. The molecule has 2 rings (SSSR count). The number of hydrogen-bond acceptors (Lipinski definition) is 5. The van der Waals surface area contributed by atoms with E-state index in [9.17, 15) is 31.5 Å². The molecule has 6 nitrogen and oxygen atoms in total. The smallest absolute Gasteiger partial charge is 0.411 e. The number of amides is 1. The second kappa shape index (κ2) is 12.0. The highest BCUT2D eigenvalue weighted by Gasteiger charge is 2.27. The second-order valence-electron chi connectivity index (χ2n) is 6.50. The maximum absolute atomic E-state index is 12.1. The Bertz CT molecular complexity index is 870. The van der Waals surface area contributed by atoms with Gasteiger partial charge in [0.25, 0.3) is 5.91 Å². The van der Waals surface area contributed by atoms with Crippen molar-refractivity contribution >= 4 is 11.9 Å². The van der Waals surface area contributed by atoms with E-state index in [4.69, 9.17) is 4.74 Å². The van der Waals surface area contributed by atoms with Crippen molar-refractivity contribution in [3.63, 3.8) is 0 Å². The fourth-order valence-electron chi connectivity index (χ4n) is 2.47. The van der Waals surface area contributed by atoms with Gasteiger partial charge in [-0.1, -0.05) is 24.3 Å². The highest BCUT2D eigenvalue weighted by atomic mass is 19.4. The third-order valence-corrected chi connectivity index (χ3v) is 3.94. The van der Waals surface area contributed by atoms with Gasteiger partial charge in [0.15, 0.2) is 6.61 Å².